The van der Waals surface area contributed by atoms with Crippen molar-refractivity contribution in [3.05, 3.63) is 35.1 Å². The number of carbonyl (C=O) groups excluding carboxylic acids is 1. The Morgan fingerprint density at radius 1 is 1.28 bits per heavy atom. The average molecular weight is 267 g/mol. The van der Waals surface area contributed by atoms with Crippen molar-refractivity contribution in [1.29, 1.82) is 0 Å². The highest BCUT2D eigenvalue weighted by Crippen LogP contribution is 2.33. The molecule has 1 aromatic carbocycles. The van der Waals surface area contributed by atoms with E-state index in [1.807, 2.05) is 0 Å². The van der Waals surface area contributed by atoms with Gasteiger partial charge in [-0.1, -0.05) is 6.07 Å². The molecule has 0 aliphatic rings. The Morgan fingerprint density at radius 2 is 1.83 bits per heavy atom. The lowest BCUT2D eigenvalue weighted by atomic mass is 10.0. The van der Waals surface area contributed by atoms with E-state index in [0.29, 0.717) is 12.1 Å². The van der Waals surface area contributed by atoms with Gasteiger partial charge >= 0.3 is 6.18 Å². The number of aliphatic hydroxyl groups excluding tert-OH is 2. The second kappa shape index (κ2) is 4.91. The Bertz CT molecular complexity index is 461. The smallest absolute Gasteiger partial charge is 0.385 e. The second-order valence-corrected chi connectivity index (χ2v) is 3.53. The normalized spacial score (nSPS) is 15.2. The number of hydrogen-bond donors (Lipinski definition) is 3. The molecule has 0 heterocycles. The third-order valence-electron chi connectivity index (χ3n) is 2.23. The molecule has 8 heteroatoms. The summed E-state index contributed by atoms with van der Waals surface area (Å²) in [5.74, 6) is -2.83. The van der Waals surface area contributed by atoms with Crippen molar-refractivity contribution in [2.24, 2.45) is 5.73 Å². The van der Waals surface area contributed by atoms with E-state index in [4.69, 9.17) is 5.11 Å². The summed E-state index contributed by atoms with van der Waals surface area (Å²) in [5.41, 5.74) is 2.62. The Morgan fingerprint density at radius 3 is 2.28 bits per heavy atom. The molecule has 4 nitrogen and oxygen atoms in total. The van der Waals surface area contributed by atoms with Crippen molar-refractivity contribution >= 4 is 5.91 Å². The first kappa shape index (κ1) is 14.4. The first-order chi connectivity index (χ1) is 8.14. The number of carbonyl (C=O) groups is 1. The maximum Gasteiger partial charge on any atom is 0.419 e. The number of benzene rings is 1. The third-order valence-corrected chi connectivity index (χ3v) is 2.23. The van der Waals surface area contributed by atoms with E-state index >= 15 is 0 Å². The molecule has 100 valence electrons. The first-order valence-electron chi connectivity index (χ1n) is 4.66. The summed E-state index contributed by atoms with van der Waals surface area (Å²) in [4.78, 5) is 10.6. The largest absolute Gasteiger partial charge is 0.419 e. The molecule has 4 N–H and O–H groups in total. The molecule has 1 amide bonds. The van der Waals surface area contributed by atoms with Gasteiger partial charge in [-0.3, -0.25) is 4.79 Å². The van der Waals surface area contributed by atoms with Crippen LogP contribution in [0.1, 0.15) is 17.2 Å². The zero-order chi connectivity index (χ0) is 14.1. The molecular weight excluding hydrogens is 258 g/mol. The molecule has 0 aliphatic heterocycles. The fourth-order valence-electron chi connectivity index (χ4n) is 1.28. The number of alkyl halides is 3. The number of halogens is 4. The lowest BCUT2D eigenvalue weighted by Crippen LogP contribution is -2.34. The lowest BCUT2D eigenvalue weighted by molar-refractivity contribution is -0.140. The maximum absolute atomic E-state index is 12.9. The molecule has 1 rings (SSSR count). The molecule has 2 atom stereocenters. The number of primary amides is 1. The summed E-state index contributed by atoms with van der Waals surface area (Å²) in [6.07, 6.45) is -8.97. The fraction of sp³-hybridized carbons (Fsp3) is 0.300. The second-order valence-electron chi connectivity index (χ2n) is 3.53. The van der Waals surface area contributed by atoms with E-state index in [1.54, 1.807) is 0 Å². The number of amides is 1. The summed E-state index contributed by atoms with van der Waals surface area (Å²) in [6.45, 7) is 0. The van der Waals surface area contributed by atoms with Crippen LogP contribution in [0.2, 0.25) is 0 Å². The molecule has 2 unspecified atom stereocenters. The minimum absolute atomic E-state index is 0.312. The lowest BCUT2D eigenvalue weighted by Gasteiger charge is -2.17. The van der Waals surface area contributed by atoms with E-state index in [2.05, 4.69) is 5.73 Å². The van der Waals surface area contributed by atoms with Gasteiger partial charge in [-0.2, -0.15) is 13.2 Å². The van der Waals surface area contributed by atoms with Crippen LogP contribution in [0.15, 0.2) is 18.2 Å². The molecule has 0 saturated carbocycles. The summed E-state index contributed by atoms with van der Waals surface area (Å²) in [6, 6.07) is 1.61. The summed E-state index contributed by atoms with van der Waals surface area (Å²) in [5, 5.41) is 18.5. The van der Waals surface area contributed by atoms with Gasteiger partial charge in [0.15, 0.2) is 6.10 Å². The van der Waals surface area contributed by atoms with E-state index in [0.717, 1.165) is 6.07 Å². The highest BCUT2D eigenvalue weighted by molar-refractivity contribution is 5.79. The Labute approximate surface area is 98.6 Å². The zero-order valence-corrected chi connectivity index (χ0v) is 8.78. The Kier molecular flexibility index (Phi) is 3.92. The van der Waals surface area contributed by atoms with Crippen LogP contribution in [0.4, 0.5) is 17.6 Å². The Hall–Kier alpha value is -1.67. The quantitative estimate of drug-likeness (QED) is 0.706. The predicted molar refractivity (Wildman–Crippen MR) is 51.6 cm³/mol. The SMILES string of the molecule is NC(=O)C(O)C(O)c1ccc(F)c(C(F)(F)F)c1. The van der Waals surface area contributed by atoms with E-state index in [9.17, 15) is 27.5 Å². The zero-order valence-electron chi connectivity index (χ0n) is 8.78. The van der Waals surface area contributed by atoms with Crippen LogP contribution >= 0.6 is 0 Å². The molecule has 0 bridgehead atoms. The van der Waals surface area contributed by atoms with E-state index in [-0.39, 0.29) is 0 Å². The molecule has 0 saturated heterocycles. The summed E-state index contributed by atoms with van der Waals surface area (Å²) in [7, 11) is 0. The number of hydrogen-bond acceptors (Lipinski definition) is 3. The van der Waals surface area contributed by atoms with Crippen LogP contribution in [0.25, 0.3) is 0 Å². The van der Waals surface area contributed by atoms with Gasteiger partial charge in [-0.25, -0.2) is 4.39 Å². The number of rotatable bonds is 3. The molecule has 0 aromatic heterocycles. The van der Waals surface area contributed by atoms with Gasteiger partial charge in [0.25, 0.3) is 0 Å². The molecule has 0 spiro atoms. The minimum atomic E-state index is -4.95. The van der Waals surface area contributed by atoms with E-state index < -0.39 is 41.2 Å². The van der Waals surface area contributed by atoms with E-state index in [1.165, 1.54) is 0 Å². The summed E-state index contributed by atoms with van der Waals surface area (Å²) >= 11 is 0. The summed E-state index contributed by atoms with van der Waals surface area (Å²) < 4.78 is 50.1. The minimum Gasteiger partial charge on any atom is -0.385 e. The molecule has 1 aromatic rings. The maximum atomic E-state index is 12.9. The van der Waals surface area contributed by atoms with Gasteiger partial charge in [0.05, 0.1) is 5.56 Å². The van der Waals surface area contributed by atoms with Crippen molar-refractivity contribution in [1.82, 2.24) is 0 Å². The van der Waals surface area contributed by atoms with Crippen LogP contribution in [-0.4, -0.2) is 22.2 Å². The van der Waals surface area contributed by atoms with Crippen molar-refractivity contribution < 1.29 is 32.6 Å². The van der Waals surface area contributed by atoms with Gasteiger partial charge in [0.2, 0.25) is 5.91 Å². The molecule has 0 radical (unpaired) electrons. The monoisotopic (exact) mass is 267 g/mol. The van der Waals surface area contributed by atoms with Gasteiger partial charge in [-0.15, -0.1) is 0 Å². The van der Waals surface area contributed by atoms with Gasteiger partial charge < -0.3 is 15.9 Å². The highest BCUT2D eigenvalue weighted by Gasteiger charge is 2.35. The highest BCUT2D eigenvalue weighted by atomic mass is 19.4. The van der Waals surface area contributed by atoms with Crippen LogP contribution in [-0.2, 0) is 11.0 Å². The van der Waals surface area contributed by atoms with Gasteiger partial charge in [0.1, 0.15) is 11.9 Å². The average Bonchev–Trinajstić information content (AvgIpc) is 2.26. The molecule has 0 aliphatic carbocycles. The number of aliphatic hydroxyl groups is 2. The van der Waals surface area contributed by atoms with Crippen LogP contribution < -0.4 is 5.73 Å². The third kappa shape index (κ3) is 2.96. The molecular formula is C10H9F4NO3. The van der Waals surface area contributed by atoms with Crippen molar-refractivity contribution in [2.75, 3.05) is 0 Å². The Balaban J connectivity index is 3.17. The van der Waals surface area contributed by atoms with Gasteiger partial charge in [0, 0.05) is 0 Å². The van der Waals surface area contributed by atoms with Crippen molar-refractivity contribution in [2.45, 2.75) is 18.4 Å². The molecule has 18 heavy (non-hydrogen) atoms. The standard InChI is InChI=1S/C10H9F4NO3/c11-6-2-1-4(3-5(6)10(12,13)14)7(16)8(17)9(15)18/h1-3,7-8,16-17H,(H2,15,18). The fourth-order valence-corrected chi connectivity index (χ4v) is 1.28. The van der Waals surface area contributed by atoms with Crippen LogP contribution in [0.3, 0.4) is 0 Å². The van der Waals surface area contributed by atoms with Crippen LogP contribution in [0.5, 0.6) is 0 Å². The predicted octanol–water partition coefficient (Wildman–Crippen LogP) is 0.724. The van der Waals surface area contributed by atoms with Crippen molar-refractivity contribution in [3.8, 4) is 0 Å². The topological polar surface area (TPSA) is 83.6 Å². The number of nitrogens with two attached hydrogens (primary N) is 1. The molecule has 0 fully saturated rings. The van der Waals surface area contributed by atoms with Gasteiger partial charge in [-0.05, 0) is 17.7 Å². The van der Waals surface area contributed by atoms with Crippen LogP contribution in [0, 0.1) is 5.82 Å². The first-order valence-corrected chi connectivity index (χ1v) is 4.66. The van der Waals surface area contributed by atoms with Crippen molar-refractivity contribution in [3.63, 3.8) is 0 Å².